The number of methoxy groups -OCH3 is 1. The fraction of sp³-hybridized carbons (Fsp3) is 0.571. The summed E-state index contributed by atoms with van der Waals surface area (Å²) in [6.45, 7) is 6.40. The number of aryl methyl sites for hydroxylation is 1. The molecular formula is C14H20O2S. The first-order valence-electron chi connectivity index (χ1n) is 6.02. The van der Waals surface area contributed by atoms with Gasteiger partial charge in [0.15, 0.2) is 0 Å². The van der Waals surface area contributed by atoms with Crippen LogP contribution in [0, 0.1) is 12.8 Å². The first kappa shape index (κ1) is 12.8. The molecule has 2 atom stereocenters. The third kappa shape index (κ3) is 2.18. The summed E-state index contributed by atoms with van der Waals surface area (Å²) in [5.41, 5.74) is 3.42. The van der Waals surface area contributed by atoms with Gasteiger partial charge in [-0.3, -0.25) is 0 Å². The van der Waals surface area contributed by atoms with E-state index in [-0.39, 0.29) is 11.4 Å². The molecule has 17 heavy (non-hydrogen) atoms. The molecule has 2 nitrogen and oxygen atoms in total. The minimum Gasteiger partial charge on any atom is -0.496 e. The van der Waals surface area contributed by atoms with E-state index in [4.69, 9.17) is 4.74 Å². The standard InChI is InChI=1S/C14H20O2S/c1-8(2)14-13(15)12-9(3)5-6-11(16-4)10(12)7-17-14/h5-6,8,13-15H,7H2,1-4H3. The topological polar surface area (TPSA) is 29.5 Å². The summed E-state index contributed by atoms with van der Waals surface area (Å²) in [5, 5.41) is 10.8. The van der Waals surface area contributed by atoms with Gasteiger partial charge in [-0.2, -0.15) is 11.8 Å². The molecule has 2 unspecified atom stereocenters. The molecule has 0 aromatic heterocycles. The second-order valence-corrected chi connectivity index (χ2v) is 6.11. The molecule has 1 aromatic carbocycles. The summed E-state index contributed by atoms with van der Waals surface area (Å²) in [7, 11) is 1.69. The van der Waals surface area contributed by atoms with Crippen molar-refractivity contribution in [1.29, 1.82) is 0 Å². The summed E-state index contributed by atoms with van der Waals surface area (Å²) in [4.78, 5) is 0. The molecule has 0 spiro atoms. The maximum Gasteiger partial charge on any atom is 0.123 e. The molecule has 94 valence electrons. The Morgan fingerprint density at radius 1 is 1.41 bits per heavy atom. The van der Waals surface area contributed by atoms with E-state index in [0.29, 0.717) is 5.92 Å². The minimum atomic E-state index is -0.376. The van der Waals surface area contributed by atoms with Crippen LogP contribution in [-0.4, -0.2) is 17.5 Å². The second-order valence-electron chi connectivity index (χ2n) is 4.94. The molecule has 0 aliphatic carbocycles. The molecule has 0 saturated heterocycles. The van der Waals surface area contributed by atoms with Crippen LogP contribution in [0.15, 0.2) is 12.1 Å². The second kappa shape index (κ2) is 4.91. The quantitative estimate of drug-likeness (QED) is 0.875. The number of rotatable bonds is 2. The van der Waals surface area contributed by atoms with E-state index >= 15 is 0 Å². The van der Waals surface area contributed by atoms with Crippen LogP contribution in [0.3, 0.4) is 0 Å². The molecule has 0 fully saturated rings. The van der Waals surface area contributed by atoms with Gasteiger partial charge in [-0.15, -0.1) is 0 Å². The summed E-state index contributed by atoms with van der Waals surface area (Å²) in [6.07, 6.45) is -0.376. The van der Waals surface area contributed by atoms with Crippen molar-refractivity contribution in [3.8, 4) is 5.75 Å². The molecule has 1 aliphatic heterocycles. The minimum absolute atomic E-state index is 0.285. The third-order valence-electron chi connectivity index (χ3n) is 3.44. The fourth-order valence-electron chi connectivity index (χ4n) is 2.51. The Morgan fingerprint density at radius 3 is 2.71 bits per heavy atom. The lowest BCUT2D eigenvalue weighted by molar-refractivity contribution is 0.154. The van der Waals surface area contributed by atoms with E-state index in [0.717, 1.165) is 17.1 Å². The highest BCUT2D eigenvalue weighted by Crippen LogP contribution is 2.45. The number of fused-ring (bicyclic) bond motifs is 1. The van der Waals surface area contributed by atoms with E-state index in [1.807, 2.05) is 23.9 Å². The van der Waals surface area contributed by atoms with Gasteiger partial charge in [0.25, 0.3) is 0 Å². The van der Waals surface area contributed by atoms with Crippen LogP contribution >= 0.6 is 11.8 Å². The van der Waals surface area contributed by atoms with E-state index in [1.165, 1.54) is 11.1 Å². The normalized spacial score (nSPS) is 23.6. The van der Waals surface area contributed by atoms with E-state index < -0.39 is 0 Å². The highest BCUT2D eigenvalue weighted by molar-refractivity contribution is 7.99. The lowest BCUT2D eigenvalue weighted by Gasteiger charge is -2.34. The van der Waals surface area contributed by atoms with E-state index in [1.54, 1.807) is 7.11 Å². The van der Waals surface area contributed by atoms with Crippen LogP contribution in [-0.2, 0) is 5.75 Å². The Balaban J connectivity index is 2.48. The summed E-state index contributed by atoms with van der Waals surface area (Å²) in [5.74, 6) is 2.31. The van der Waals surface area contributed by atoms with Crippen molar-refractivity contribution >= 4 is 11.8 Å². The van der Waals surface area contributed by atoms with Gasteiger partial charge in [0.2, 0.25) is 0 Å². The number of aliphatic hydroxyl groups is 1. The van der Waals surface area contributed by atoms with Crippen LogP contribution in [0.25, 0.3) is 0 Å². The molecule has 1 aromatic rings. The monoisotopic (exact) mass is 252 g/mol. The van der Waals surface area contributed by atoms with Crippen molar-refractivity contribution in [3.63, 3.8) is 0 Å². The van der Waals surface area contributed by atoms with Crippen LogP contribution in [0.1, 0.15) is 36.6 Å². The number of aliphatic hydroxyl groups excluding tert-OH is 1. The summed E-state index contributed by atoms with van der Waals surface area (Å²) in [6, 6.07) is 4.03. The van der Waals surface area contributed by atoms with Gasteiger partial charge in [-0.25, -0.2) is 0 Å². The highest BCUT2D eigenvalue weighted by atomic mass is 32.2. The molecular weight excluding hydrogens is 232 g/mol. The number of hydrogen-bond donors (Lipinski definition) is 1. The Labute approximate surface area is 107 Å². The molecule has 0 saturated carbocycles. The summed E-state index contributed by atoms with van der Waals surface area (Å²) < 4.78 is 5.39. The van der Waals surface area contributed by atoms with Gasteiger partial charge in [0.1, 0.15) is 5.75 Å². The molecule has 0 amide bonds. The predicted octanol–water partition coefficient (Wildman–Crippen LogP) is 3.31. The molecule has 2 rings (SSSR count). The van der Waals surface area contributed by atoms with Crippen LogP contribution in [0.4, 0.5) is 0 Å². The van der Waals surface area contributed by atoms with Crippen LogP contribution in [0.2, 0.25) is 0 Å². The molecule has 3 heteroatoms. The first-order chi connectivity index (χ1) is 8.06. The zero-order chi connectivity index (χ0) is 12.6. The molecule has 1 heterocycles. The first-order valence-corrected chi connectivity index (χ1v) is 7.07. The number of ether oxygens (including phenoxy) is 1. The van der Waals surface area contributed by atoms with Crippen LogP contribution in [0.5, 0.6) is 5.75 Å². The Bertz CT molecular complexity index is 415. The number of benzene rings is 1. The van der Waals surface area contributed by atoms with Gasteiger partial charge in [0, 0.05) is 16.6 Å². The zero-order valence-corrected chi connectivity index (χ0v) is 11.7. The van der Waals surface area contributed by atoms with Crippen molar-refractivity contribution in [2.24, 2.45) is 5.92 Å². The highest BCUT2D eigenvalue weighted by Gasteiger charge is 2.33. The molecule has 0 radical (unpaired) electrons. The van der Waals surface area contributed by atoms with Gasteiger partial charge >= 0.3 is 0 Å². The van der Waals surface area contributed by atoms with E-state index in [9.17, 15) is 5.11 Å². The van der Waals surface area contributed by atoms with Crippen molar-refractivity contribution in [1.82, 2.24) is 0 Å². The Hall–Kier alpha value is -0.670. The van der Waals surface area contributed by atoms with Gasteiger partial charge in [-0.1, -0.05) is 19.9 Å². The van der Waals surface area contributed by atoms with Crippen molar-refractivity contribution in [2.75, 3.05) is 7.11 Å². The van der Waals surface area contributed by atoms with Crippen molar-refractivity contribution in [2.45, 2.75) is 37.9 Å². The lowest BCUT2D eigenvalue weighted by atomic mass is 9.91. The van der Waals surface area contributed by atoms with Crippen molar-refractivity contribution < 1.29 is 9.84 Å². The molecule has 1 N–H and O–H groups in total. The zero-order valence-electron chi connectivity index (χ0n) is 10.9. The van der Waals surface area contributed by atoms with Gasteiger partial charge < -0.3 is 9.84 Å². The molecule has 0 bridgehead atoms. The average molecular weight is 252 g/mol. The third-order valence-corrected chi connectivity index (χ3v) is 5.08. The lowest BCUT2D eigenvalue weighted by Crippen LogP contribution is -2.27. The average Bonchev–Trinajstić information content (AvgIpc) is 2.29. The largest absolute Gasteiger partial charge is 0.496 e. The Morgan fingerprint density at radius 2 is 2.12 bits per heavy atom. The maximum absolute atomic E-state index is 10.5. The fourth-order valence-corrected chi connectivity index (χ4v) is 3.87. The SMILES string of the molecule is COc1ccc(C)c2c1CSC(C(C)C)C2O. The maximum atomic E-state index is 10.5. The predicted molar refractivity (Wildman–Crippen MR) is 72.6 cm³/mol. The van der Waals surface area contributed by atoms with E-state index in [2.05, 4.69) is 20.8 Å². The Kier molecular flexibility index (Phi) is 3.69. The number of thioether (sulfide) groups is 1. The van der Waals surface area contributed by atoms with Crippen molar-refractivity contribution in [3.05, 3.63) is 28.8 Å². The van der Waals surface area contributed by atoms with Crippen LogP contribution < -0.4 is 4.74 Å². The van der Waals surface area contributed by atoms with Gasteiger partial charge in [-0.05, 0) is 30.0 Å². The smallest absolute Gasteiger partial charge is 0.123 e. The number of hydrogen-bond acceptors (Lipinski definition) is 3. The molecule has 1 aliphatic rings. The summed E-state index contributed by atoms with van der Waals surface area (Å²) >= 11 is 1.83. The van der Waals surface area contributed by atoms with Gasteiger partial charge in [0.05, 0.1) is 13.2 Å².